The monoisotopic (exact) mass is 763 g/mol. The van der Waals surface area contributed by atoms with E-state index < -0.39 is 10.9 Å². The maximum atomic E-state index is 2.56. The Hall–Kier alpha value is -1.99. The van der Waals surface area contributed by atoms with Gasteiger partial charge < -0.3 is 0 Å². The molecule has 0 atom stereocenters. The topological polar surface area (TPSA) is 0 Å². The zero-order valence-corrected chi connectivity index (χ0v) is 36.3. The fraction of sp³-hybridized carbons (Fsp3) is 0.667. The average molecular weight is 763 g/mol. The Balaban J connectivity index is 1.23. The van der Waals surface area contributed by atoms with Crippen LogP contribution in [0, 0.1) is 0 Å². The van der Waals surface area contributed by atoms with E-state index >= 15 is 0 Å². The first kappa shape index (κ1) is 42.6. The number of rotatable bonds is 6. The first-order chi connectivity index (χ1) is 27.3. The summed E-state index contributed by atoms with van der Waals surface area (Å²) in [4.78, 5) is 4.60. The van der Waals surface area contributed by atoms with Gasteiger partial charge in [-0.15, -0.1) is 0 Å². The Morgan fingerprint density at radius 3 is 0.564 bits per heavy atom. The molecule has 55 heavy (non-hydrogen) atoms. The molecule has 0 aromatic heterocycles. The summed E-state index contributed by atoms with van der Waals surface area (Å²) in [5.74, 6) is 2.19. The fourth-order valence-corrected chi connectivity index (χ4v) is 12.9. The summed E-state index contributed by atoms with van der Waals surface area (Å²) in [7, 11) is -0.607. The van der Waals surface area contributed by atoms with Gasteiger partial charge in [0.1, 0.15) is 0 Å². The SMILES string of the molecule is c1cc([SH](c2ccc(C3CCCCCCCCCCC3)cc2)c2ccc(C3CCCCCCCCCCC3)cc2)ccc1C1CCCCCCCCCCC1. The largest absolute Gasteiger partial charge is 0.173 e. The molecule has 3 aromatic rings. The van der Waals surface area contributed by atoms with Crippen molar-refractivity contribution in [3.05, 3.63) is 89.5 Å². The lowest BCUT2D eigenvalue weighted by Crippen LogP contribution is -2.02. The standard InChI is InChI=1S/C54H82S/c1-4-10-16-22-28-46(29-23-17-11-5-1)49-34-40-52(41-35-49)55(53-42-36-50(37-43-53)47-30-24-18-12-6-2-7-13-19-25-31-47)54-44-38-51(39-45-54)48-32-26-20-14-8-3-9-15-21-27-33-48/h34-48,55H,1-33H2. The van der Waals surface area contributed by atoms with Gasteiger partial charge >= 0.3 is 0 Å². The average Bonchev–Trinajstić information content (AvgIpc) is 3.20. The van der Waals surface area contributed by atoms with E-state index in [1.165, 1.54) is 227 Å². The Morgan fingerprint density at radius 2 is 0.382 bits per heavy atom. The van der Waals surface area contributed by atoms with Crippen molar-refractivity contribution in [2.24, 2.45) is 0 Å². The lowest BCUT2D eigenvalue weighted by molar-refractivity contribution is 0.467. The first-order valence-electron chi connectivity index (χ1n) is 24.5. The summed E-state index contributed by atoms with van der Waals surface area (Å²) in [5, 5.41) is 0. The highest BCUT2D eigenvalue weighted by Crippen LogP contribution is 2.52. The summed E-state index contributed by atoms with van der Waals surface area (Å²) in [6.45, 7) is 0. The molecular weight excluding hydrogens is 681 g/mol. The van der Waals surface area contributed by atoms with E-state index in [0.717, 1.165) is 17.8 Å². The second-order valence-electron chi connectivity index (χ2n) is 18.5. The maximum Gasteiger partial charge on any atom is -0.00450 e. The minimum atomic E-state index is -0.607. The molecule has 0 radical (unpaired) electrons. The van der Waals surface area contributed by atoms with Crippen LogP contribution in [-0.2, 0) is 0 Å². The predicted molar refractivity (Wildman–Crippen MR) is 244 cm³/mol. The molecule has 3 fully saturated rings. The molecule has 3 saturated carbocycles. The van der Waals surface area contributed by atoms with E-state index in [-0.39, 0.29) is 0 Å². The van der Waals surface area contributed by atoms with Gasteiger partial charge in [0.15, 0.2) is 0 Å². The molecule has 0 bridgehead atoms. The molecule has 0 N–H and O–H groups in total. The Labute approximate surface area is 343 Å². The smallest absolute Gasteiger partial charge is 0.00450 e. The van der Waals surface area contributed by atoms with Gasteiger partial charge in [-0.05, 0) is 124 Å². The van der Waals surface area contributed by atoms with Gasteiger partial charge in [-0.25, -0.2) is 0 Å². The van der Waals surface area contributed by atoms with Crippen molar-refractivity contribution in [2.45, 2.75) is 244 Å². The zero-order chi connectivity index (χ0) is 37.6. The second-order valence-corrected chi connectivity index (χ2v) is 20.7. The van der Waals surface area contributed by atoms with Gasteiger partial charge in [0, 0.05) is 0 Å². The quantitative estimate of drug-likeness (QED) is 0.238. The highest BCUT2D eigenvalue weighted by molar-refractivity contribution is 8.17. The van der Waals surface area contributed by atoms with Gasteiger partial charge in [-0.1, -0.05) is 210 Å². The molecule has 0 heterocycles. The molecule has 0 aliphatic heterocycles. The van der Waals surface area contributed by atoms with Crippen LogP contribution in [0.4, 0.5) is 0 Å². The van der Waals surface area contributed by atoms with Crippen molar-refractivity contribution in [2.75, 3.05) is 0 Å². The van der Waals surface area contributed by atoms with E-state index in [9.17, 15) is 0 Å². The van der Waals surface area contributed by atoms with E-state index in [1.54, 1.807) is 16.7 Å². The summed E-state index contributed by atoms with van der Waals surface area (Å²) in [6.07, 6.45) is 46.9. The first-order valence-corrected chi connectivity index (χ1v) is 25.8. The molecule has 3 aliphatic carbocycles. The predicted octanol–water partition coefficient (Wildman–Crippen LogP) is 18.3. The number of hydrogen-bond donors (Lipinski definition) is 1. The van der Waals surface area contributed by atoms with Gasteiger partial charge in [0.2, 0.25) is 0 Å². The van der Waals surface area contributed by atoms with Crippen molar-refractivity contribution < 1.29 is 0 Å². The molecule has 0 unspecified atom stereocenters. The zero-order valence-electron chi connectivity index (χ0n) is 35.4. The molecule has 3 aliphatic rings. The van der Waals surface area contributed by atoms with Crippen LogP contribution in [-0.4, -0.2) is 0 Å². The normalized spacial score (nSPS) is 21.7. The third-order valence-corrected chi connectivity index (χ3v) is 16.6. The number of hydrogen-bond acceptors (Lipinski definition) is 0. The van der Waals surface area contributed by atoms with Crippen LogP contribution in [0.3, 0.4) is 0 Å². The summed E-state index contributed by atoms with van der Waals surface area (Å²) in [5.41, 5.74) is 4.81. The van der Waals surface area contributed by atoms with E-state index in [2.05, 4.69) is 72.8 Å². The maximum absolute atomic E-state index is 2.56. The molecular formula is C54H82S. The van der Waals surface area contributed by atoms with E-state index in [1.807, 2.05) is 0 Å². The second kappa shape index (κ2) is 25.4. The van der Waals surface area contributed by atoms with Crippen molar-refractivity contribution in [3.63, 3.8) is 0 Å². The van der Waals surface area contributed by atoms with Gasteiger partial charge in [-0.3, -0.25) is 0 Å². The summed E-state index contributed by atoms with van der Waals surface area (Å²) < 4.78 is 0. The molecule has 1 heteroatoms. The third kappa shape index (κ3) is 14.7. The lowest BCUT2D eigenvalue weighted by Gasteiger charge is -2.26. The fourth-order valence-electron chi connectivity index (χ4n) is 10.6. The van der Waals surface area contributed by atoms with Crippen molar-refractivity contribution in [3.8, 4) is 0 Å². The van der Waals surface area contributed by atoms with Crippen LogP contribution in [0.25, 0.3) is 0 Å². The molecule has 6 rings (SSSR count). The van der Waals surface area contributed by atoms with Gasteiger partial charge in [0.25, 0.3) is 0 Å². The van der Waals surface area contributed by atoms with Crippen LogP contribution in [0.15, 0.2) is 87.5 Å². The summed E-state index contributed by atoms with van der Waals surface area (Å²) in [6, 6.07) is 30.7. The lowest BCUT2D eigenvalue weighted by atomic mass is 9.87. The van der Waals surface area contributed by atoms with Crippen molar-refractivity contribution in [1.29, 1.82) is 0 Å². The molecule has 0 amide bonds. The third-order valence-electron chi connectivity index (χ3n) is 14.2. The van der Waals surface area contributed by atoms with Crippen LogP contribution in [0.5, 0.6) is 0 Å². The molecule has 304 valence electrons. The molecule has 0 spiro atoms. The van der Waals surface area contributed by atoms with Crippen LogP contribution >= 0.6 is 10.9 Å². The van der Waals surface area contributed by atoms with Crippen LogP contribution in [0.2, 0.25) is 0 Å². The van der Waals surface area contributed by atoms with Gasteiger partial charge in [0.05, 0.1) is 0 Å². The van der Waals surface area contributed by atoms with Crippen molar-refractivity contribution in [1.82, 2.24) is 0 Å². The van der Waals surface area contributed by atoms with Crippen LogP contribution in [0.1, 0.15) is 246 Å². The number of thiol groups is 1. The number of benzene rings is 3. The molecule has 0 saturated heterocycles. The summed E-state index contributed by atoms with van der Waals surface area (Å²) >= 11 is 0. The minimum Gasteiger partial charge on any atom is -0.173 e. The minimum absolute atomic E-state index is 0.607. The van der Waals surface area contributed by atoms with E-state index in [0.29, 0.717) is 0 Å². The van der Waals surface area contributed by atoms with Crippen LogP contribution < -0.4 is 0 Å². The Bertz CT molecular complexity index is 1190. The molecule has 3 aromatic carbocycles. The highest BCUT2D eigenvalue weighted by Gasteiger charge is 2.19. The van der Waals surface area contributed by atoms with Crippen molar-refractivity contribution >= 4 is 10.9 Å². The molecule has 0 nitrogen and oxygen atoms in total. The Kier molecular flexibility index (Phi) is 19.7. The van der Waals surface area contributed by atoms with Gasteiger partial charge in [-0.2, -0.15) is 10.9 Å². The highest BCUT2D eigenvalue weighted by atomic mass is 32.2. The van der Waals surface area contributed by atoms with E-state index in [4.69, 9.17) is 0 Å². The Morgan fingerprint density at radius 1 is 0.218 bits per heavy atom.